The molecule has 1 aliphatic heterocycles. The number of piperazine rings is 1. The number of hydrogen-bond acceptors (Lipinski definition) is 4. The van der Waals surface area contributed by atoms with Gasteiger partial charge in [-0.3, -0.25) is 4.90 Å². The number of ether oxygens (including phenoxy) is 1. The average molecular weight is 277 g/mol. The molecule has 0 radical (unpaired) electrons. The van der Waals surface area contributed by atoms with Gasteiger partial charge in [-0.2, -0.15) is 0 Å². The minimum Gasteiger partial charge on any atom is -0.497 e. The molecule has 0 amide bonds. The minimum absolute atomic E-state index is 0.610. The van der Waals surface area contributed by atoms with Gasteiger partial charge in [-0.15, -0.1) is 0 Å². The first-order valence-corrected chi connectivity index (χ1v) is 7.55. The molecule has 1 aromatic carbocycles. The maximum absolute atomic E-state index is 5.30. The lowest BCUT2D eigenvalue weighted by Crippen LogP contribution is -2.50. The van der Waals surface area contributed by atoms with Crippen LogP contribution in [0.25, 0.3) is 0 Å². The number of benzene rings is 1. The van der Waals surface area contributed by atoms with Gasteiger partial charge in [-0.25, -0.2) is 0 Å². The summed E-state index contributed by atoms with van der Waals surface area (Å²) in [5.74, 6) is 0.936. The van der Waals surface area contributed by atoms with E-state index in [1.54, 1.807) is 7.11 Å². The molecule has 4 nitrogen and oxygen atoms in total. The molecule has 0 aromatic heterocycles. The highest BCUT2D eigenvalue weighted by molar-refractivity contribution is 5.51. The highest BCUT2D eigenvalue weighted by Gasteiger charge is 2.19. The van der Waals surface area contributed by atoms with Crippen LogP contribution in [0.4, 0.5) is 5.69 Å². The molecule has 1 fully saturated rings. The van der Waals surface area contributed by atoms with E-state index < -0.39 is 0 Å². The van der Waals surface area contributed by atoms with Crippen LogP contribution < -0.4 is 15.0 Å². The Labute approximate surface area is 122 Å². The van der Waals surface area contributed by atoms with E-state index in [9.17, 15) is 0 Å². The minimum atomic E-state index is 0.610. The number of nitrogens with one attached hydrogen (secondary N) is 1. The third-order valence-electron chi connectivity index (χ3n) is 4.17. The molecule has 0 spiro atoms. The van der Waals surface area contributed by atoms with Crippen LogP contribution in [-0.2, 0) is 0 Å². The van der Waals surface area contributed by atoms with Crippen molar-refractivity contribution in [3.05, 3.63) is 24.3 Å². The lowest BCUT2D eigenvalue weighted by Gasteiger charge is -2.37. The quantitative estimate of drug-likeness (QED) is 0.858. The van der Waals surface area contributed by atoms with Gasteiger partial charge in [0.15, 0.2) is 0 Å². The van der Waals surface area contributed by atoms with Crippen molar-refractivity contribution in [3.63, 3.8) is 0 Å². The highest BCUT2D eigenvalue weighted by Crippen LogP contribution is 2.22. The van der Waals surface area contributed by atoms with Gasteiger partial charge in [-0.05, 0) is 25.6 Å². The summed E-state index contributed by atoms with van der Waals surface area (Å²) in [4.78, 5) is 5.00. The van der Waals surface area contributed by atoms with Gasteiger partial charge in [0.2, 0.25) is 0 Å². The van der Waals surface area contributed by atoms with Gasteiger partial charge < -0.3 is 15.0 Å². The number of anilines is 1. The maximum atomic E-state index is 5.30. The molecule has 0 saturated carbocycles. The first-order valence-electron chi connectivity index (χ1n) is 7.55. The molecule has 1 saturated heterocycles. The lowest BCUT2D eigenvalue weighted by atomic mass is 10.2. The second kappa shape index (κ2) is 7.50. The van der Waals surface area contributed by atoms with E-state index in [-0.39, 0.29) is 0 Å². The molecule has 4 heteroatoms. The predicted octanol–water partition coefficient (Wildman–Crippen LogP) is 1.82. The van der Waals surface area contributed by atoms with Crippen LogP contribution in [0.2, 0.25) is 0 Å². The van der Waals surface area contributed by atoms with Crippen molar-refractivity contribution in [1.82, 2.24) is 10.2 Å². The fraction of sp³-hybridized carbons (Fsp3) is 0.625. The zero-order chi connectivity index (χ0) is 14.4. The smallest absolute Gasteiger partial charge is 0.120 e. The second-order valence-electron chi connectivity index (χ2n) is 5.38. The Hall–Kier alpha value is -1.26. The van der Waals surface area contributed by atoms with E-state index in [0.717, 1.165) is 38.5 Å². The lowest BCUT2D eigenvalue weighted by molar-refractivity contribution is 0.230. The van der Waals surface area contributed by atoms with Crippen LogP contribution >= 0.6 is 0 Å². The van der Waals surface area contributed by atoms with Crippen molar-refractivity contribution >= 4 is 5.69 Å². The number of methoxy groups -OCH3 is 1. The Kier molecular flexibility index (Phi) is 5.68. The highest BCUT2D eigenvalue weighted by atomic mass is 16.5. The Morgan fingerprint density at radius 1 is 1.25 bits per heavy atom. The van der Waals surface area contributed by atoms with Crippen LogP contribution in [0.5, 0.6) is 5.75 Å². The van der Waals surface area contributed by atoms with Crippen LogP contribution in [0.3, 0.4) is 0 Å². The number of likely N-dealkylation sites (N-methyl/N-ethyl adjacent to an activating group) is 1. The Bertz CT molecular complexity index is 398. The first-order chi connectivity index (χ1) is 9.76. The van der Waals surface area contributed by atoms with Crippen LogP contribution in [0.15, 0.2) is 24.3 Å². The zero-order valence-corrected chi connectivity index (χ0v) is 12.9. The van der Waals surface area contributed by atoms with Crippen LogP contribution in [0.1, 0.15) is 13.3 Å². The SMILES string of the molecule is CCC(CN1CCN(c2cccc(OC)c2)CC1)NC. The zero-order valence-electron chi connectivity index (χ0n) is 12.9. The molecule has 20 heavy (non-hydrogen) atoms. The molecule has 1 unspecified atom stereocenters. The van der Waals surface area contributed by atoms with Crippen molar-refractivity contribution in [2.75, 3.05) is 51.8 Å². The third-order valence-corrected chi connectivity index (χ3v) is 4.17. The van der Waals surface area contributed by atoms with Crippen LogP contribution in [-0.4, -0.2) is 57.8 Å². The fourth-order valence-electron chi connectivity index (χ4n) is 2.73. The molecule has 1 heterocycles. The molecule has 1 aliphatic rings. The molecule has 112 valence electrons. The number of rotatable bonds is 6. The van der Waals surface area contributed by atoms with Crippen molar-refractivity contribution in [2.24, 2.45) is 0 Å². The summed E-state index contributed by atoms with van der Waals surface area (Å²) in [5.41, 5.74) is 1.27. The fourth-order valence-corrected chi connectivity index (χ4v) is 2.73. The van der Waals surface area contributed by atoms with Gasteiger partial charge in [0.25, 0.3) is 0 Å². The van der Waals surface area contributed by atoms with Crippen molar-refractivity contribution in [3.8, 4) is 5.75 Å². The number of hydrogen-bond donors (Lipinski definition) is 1. The summed E-state index contributed by atoms with van der Waals surface area (Å²) >= 11 is 0. The van der Waals surface area contributed by atoms with Crippen molar-refractivity contribution < 1.29 is 4.74 Å². The Morgan fingerprint density at radius 2 is 2.00 bits per heavy atom. The average Bonchev–Trinajstić information content (AvgIpc) is 2.53. The summed E-state index contributed by atoms with van der Waals surface area (Å²) in [6, 6.07) is 8.96. The van der Waals surface area contributed by atoms with Gasteiger partial charge in [-0.1, -0.05) is 13.0 Å². The van der Waals surface area contributed by atoms with Crippen LogP contribution in [0, 0.1) is 0 Å². The van der Waals surface area contributed by atoms with Gasteiger partial charge in [0.05, 0.1) is 7.11 Å². The monoisotopic (exact) mass is 277 g/mol. The molecule has 2 rings (SSSR count). The Balaban J connectivity index is 1.87. The second-order valence-corrected chi connectivity index (χ2v) is 5.38. The molecule has 1 aromatic rings. The third kappa shape index (κ3) is 3.87. The van der Waals surface area contributed by atoms with E-state index in [4.69, 9.17) is 4.74 Å². The summed E-state index contributed by atoms with van der Waals surface area (Å²) in [6.45, 7) is 7.85. The predicted molar refractivity (Wildman–Crippen MR) is 84.8 cm³/mol. The summed E-state index contributed by atoms with van der Waals surface area (Å²) in [5, 5.41) is 3.39. The van der Waals surface area contributed by atoms with E-state index in [1.807, 2.05) is 6.07 Å². The molecule has 0 aliphatic carbocycles. The maximum Gasteiger partial charge on any atom is 0.120 e. The standard InChI is InChI=1S/C16H27N3O/c1-4-14(17-2)13-18-8-10-19(11-9-18)15-6-5-7-16(12-15)20-3/h5-7,12,14,17H,4,8-11,13H2,1-3H3. The number of nitrogens with zero attached hydrogens (tertiary/aromatic N) is 2. The summed E-state index contributed by atoms with van der Waals surface area (Å²) in [7, 11) is 3.78. The van der Waals surface area contributed by atoms with Gasteiger partial charge in [0, 0.05) is 50.5 Å². The molecular weight excluding hydrogens is 250 g/mol. The molecular formula is C16H27N3O. The summed E-state index contributed by atoms with van der Waals surface area (Å²) in [6.07, 6.45) is 1.19. The largest absolute Gasteiger partial charge is 0.497 e. The molecule has 0 bridgehead atoms. The van der Waals surface area contributed by atoms with Crippen molar-refractivity contribution in [2.45, 2.75) is 19.4 Å². The van der Waals surface area contributed by atoms with Gasteiger partial charge in [0.1, 0.15) is 5.75 Å². The summed E-state index contributed by atoms with van der Waals surface area (Å²) < 4.78 is 5.30. The van der Waals surface area contributed by atoms with E-state index in [0.29, 0.717) is 6.04 Å². The van der Waals surface area contributed by atoms with E-state index in [1.165, 1.54) is 12.1 Å². The van der Waals surface area contributed by atoms with Crippen molar-refractivity contribution in [1.29, 1.82) is 0 Å². The molecule has 1 N–H and O–H groups in total. The Morgan fingerprint density at radius 3 is 2.60 bits per heavy atom. The molecule has 1 atom stereocenters. The normalized spacial score (nSPS) is 18.1. The van der Waals surface area contributed by atoms with E-state index >= 15 is 0 Å². The van der Waals surface area contributed by atoms with E-state index in [2.05, 4.69) is 47.3 Å². The van der Waals surface area contributed by atoms with Gasteiger partial charge >= 0.3 is 0 Å². The topological polar surface area (TPSA) is 27.7 Å². The first kappa shape index (κ1) is 15.1.